The number of methoxy groups -OCH3 is 2. The van der Waals surface area contributed by atoms with Crippen molar-refractivity contribution in [1.82, 2.24) is 4.98 Å². The van der Waals surface area contributed by atoms with Gasteiger partial charge in [-0.2, -0.15) is 0 Å². The third-order valence-corrected chi connectivity index (χ3v) is 6.40. The fourth-order valence-electron chi connectivity index (χ4n) is 3.33. The summed E-state index contributed by atoms with van der Waals surface area (Å²) in [5.74, 6) is 0.830. The Hall–Kier alpha value is -3.06. The Morgan fingerprint density at radius 2 is 1.73 bits per heavy atom. The summed E-state index contributed by atoms with van der Waals surface area (Å²) in [5, 5.41) is 3.48. The molecule has 0 N–H and O–H groups in total. The van der Waals surface area contributed by atoms with Crippen molar-refractivity contribution in [2.24, 2.45) is 0 Å². The van der Waals surface area contributed by atoms with Crippen molar-refractivity contribution >= 4 is 45.6 Å². The van der Waals surface area contributed by atoms with Crippen LogP contribution in [0.2, 0.25) is 10.0 Å². The Labute approximate surface area is 206 Å². The van der Waals surface area contributed by atoms with Crippen molar-refractivity contribution in [2.45, 2.75) is 6.54 Å². The number of hydrogen-bond acceptors (Lipinski definition) is 5. The van der Waals surface area contributed by atoms with E-state index >= 15 is 0 Å². The lowest BCUT2D eigenvalue weighted by Crippen LogP contribution is -2.30. The summed E-state index contributed by atoms with van der Waals surface area (Å²) in [4.78, 5) is 20.0. The van der Waals surface area contributed by atoms with Gasteiger partial charge in [0.25, 0.3) is 5.91 Å². The molecule has 8 heteroatoms. The zero-order chi connectivity index (χ0) is 23.4. The molecule has 1 heterocycles. The molecule has 1 aromatic heterocycles. The maximum Gasteiger partial charge on any atom is 0.260 e. The van der Waals surface area contributed by atoms with E-state index in [4.69, 9.17) is 37.7 Å². The first-order chi connectivity index (χ1) is 16.0. The zero-order valence-corrected chi connectivity index (χ0v) is 20.2. The zero-order valence-electron chi connectivity index (χ0n) is 17.9. The summed E-state index contributed by atoms with van der Waals surface area (Å²) in [6.07, 6.45) is 0. The van der Waals surface area contributed by atoms with Gasteiger partial charge in [-0.1, -0.05) is 53.5 Å². The maximum absolute atomic E-state index is 13.6. The van der Waals surface area contributed by atoms with Gasteiger partial charge >= 0.3 is 0 Å². The van der Waals surface area contributed by atoms with Gasteiger partial charge in [-0.3, -0.25) is 9.69 Å². The minimum absolute atomic E-state index is 0.206. The van der Waals surface area contributed by atoms with Gasteiger partial charge < -0.3 is 9.47 Å². The van der Waals surface area contributed by atoms with Gasteiger partial charge in [0.2, 0.25) is 0 Å². The fraction of sp³-hybridized carbons (Fsp3) is 0.120. The summed E-state index contributed by atoms with van der Waals surface area (Å²) in [7, 11) is 3.09. The Kier molecular flexibility index (Phi) is 7.18. The van der Waals surface area contributed by atoms with Crippen LogP contribution in [0.1, 0.15) is 15.9 Å². The molecule has 0 radical (unpaired) electrons. The normalized spacial score (nSPS) is 10.7. The second-order valence-electron chi connectivity index (χ2n) is 7.09. The molecule has 1 amide bonds. The molecule has 168 valence electrons. The predicted molar refractivity (Wildman–Crippen MR) is 134 cm³/mol. The van der Waals surface area contributed by atoms with E-state index in [2.05, 4.69) is 0 Å². The highest BCUT2D eigenvalue weighted by molar-refractivity contribution is 7.14. The van der Waals surface area contributed by atoms with E-state index < -0.39 is 0 Å². The van der Waals surface area contributed by atoms with Gasteiger partial charge in [0.05, 0.1) is 31.5 Å². The summed E-state index contributed by atoms with van der Waals surface area (Å²) in [6.45, 7) is 0.356. The van der Waals surface area contributed by atoms with Crippen molar-refractivity contribution in [3.05, 3.63) is 93.3 Å². The first-order valence-corrected chi connectivity index (χ1v) is 11.6. The number of carbonyl (C=O) groups excluding carboxylic acids is 1. The summed E-state index contributed by atoms with van der Waals surface area (Å²) in [5.41, 5.74) is 2.87. The number of ether oxygens (including phenoxy) is 2. The number of anilines is 1. The predicted octanol–water partition coefficient (Wildman–Crippen LogP) is 6.98. The molecule has 0 aliphatic rings. The minimum atomic E-state index is -0.206. The van der Waals surface area contributed by atoms with Gasteiger partial charge in [-0.25, -0.2) is 4.98 Å². The smallest absolute Gasteiger partial charge is 0.260 e. The first-order valence-electron chi connectivity index (χ1n) is 9.99. The molecular weight excluding hydrogens is 479 g/mol. The molecule has 0 saturated carbocycles. The van der Waals surface area contributed by atoms with Crippen molar-refractivity contribution in [1.29, 1.82) is 0 Å². The van der Waals surface area contributed by atoms with Crippen LogP contribution in [0.15, 0.2) is 72.1 Å². The van der Waals surface area contributed by atoms with E-state index in [1.807, 2.05) is 41.8 Å². The van der Waals surface area contributed by atoms with Crippen LogP contribution in [0.4, 0.5) is 5.13 Å². The molecule has 0 aliphatic carbocycles. The van der Waals surface area contributed by atoms with Crippen LogP contribution in [0.25, 0.3) is 11.3 Å². The average molecular weight is 499 g/mol. The monoisotopic (exact) mass is 498 g/mol. The molecule has 4 rings (SSSR count). The van der Waals surface area contributed by atoms with Crippen molar-refractivity contribution in [2.75, 3.05) is 19.1 Å². The largest absolute Gasteiger partial charge is 0.493 e. The average Bonchev–Trinajstić information content (AvgIpc) is 3.32. The van der Waals surface area contributed by atoms with Gasteiger partial charge in [-0.15, -0.1) is 11.3 Å². The minimum Gasteiger partial charge on any atom is -0.493 e. The number of halogens is 2. The number of nitrogens with zero attached hydrogens (tertiary/aromatic N) is 2. The lowest BCUT2D eigenvalue weighted by Gasteiger charge is -2.21. The Balaban J connectivity index is 1.73. The van der Waals surface area contributed by atoms with Gasteiger partial charge in [0.15, 0.2) is 16.6 Å². The molecular formula is C25H20Cl2N2O3S. The van der Waals surface area contributed by atoms with Gasteiger partial charge in [0.1, 0.15) is 0 Å². The summed E-state index contributed by atoms with van der Waals surface area (Å²) >= 11 is 13.8. The van der Waals surface area contributed by atoms with Crippen LogP contribution in [0, 0.1) is 0 Å². The number of hydrogen-bond donors (Lipinski definition) is 0. The highest BCUT2D eigenvalue weighted by Crippen LogP contribution is 2.35. The van der Waals surface area contributed by atoms with Crippen LogP contribution >= 0.6 is 34.5 Å². The van der Waals surface area contributed by atoms with E-state index in [0.717, 1.165) is 11.1 Å². The summed E-state index contributed by atoms with van der Waals surface area (Å²) < 4.78 is 10.7. The fourth-order valence-corrected chi connectivity index (χ4v) is 4.65. The lowest BCUT2D eigenvalue weighted by atomic mass is 10.1. The second-order valence-corrected chi connectivity index (χ2v) is 8.77. The molecule has 33 heavy (non-hydrogen) atoms. The van der Waals surface area contributed by atoms with Crippen LogP contribution < -0.4 is 14.4 Å². The van der Waals surface area contributed by atoms with Crippen LogP contribution in [0.3, 0.4) is 0 Å². The SMILES string of the molecule is COc1ccc(C(=O)N(Cc2ccccc2)c2nc(-c3ccc(Cl)cc3Cl)cs2)cc1OC. The maximum atomic E-state index is 13.6. The molecule has 0 unspecified atom stereocenters. The first kappa shape index (κ1) is 23.1. The summed E-state index contributed by atoms with van der Waals surface area (Å²) in [6, 6.07) is 20.1. The van der Waals surface area contributed by atoms with Crippen molar-refractivity contribution < 1.29 is 14.3 Å². The molecule has 0 spiro atoms. The van der Waals surface area contributed by atoms with Crippen LogP contribution in [-0.4, -0.2) is 25.1 Å². The van der Waals surface area contributed by atoms with E-state index in [1.54, 1.807) is 42.3 Å². The standard InChI is InChI=1S/C25H20Cl2N2O3S/c1-31-22-11-8-17(12-23(22)32-2)24(30)29(14-16-6-4-3-5-7-16)25-28-21(15-33-25)19-10-9-18(26)13-20(19)27/h3-13,15H,14H2,1-2H3. The molecule has 0 saturated heterocycles. The third kappa shape index (κ3) is 5.14. The highest BCUT2D eigenvalue weighted by atomic mass is 35.5. The van der Waals surface area contributed by atoms with Gasteiger partial charge in [-0.05, 0) is 42.0 Å². The Morgan fingerprint density at radius 3 is 2.42 bits per heavy atom. The number of carbonyl (C=O) groups is 1. The molecule has 0 atom stereocenters. The Bertz CT molecular complexity index is 1280. The molecule has 0 bridgehead atoms. The van der Waals surface area contributed by atoms with Crippen LogP contribution in [0.5, 0.6) is 11.5 Å². The number of rotatable bonds is 7. The van der Waals surface area contributed by atoms with E-state index in [-0.39, 0.29) is 5.91 Å². The third-order valence-electron chi connectivity index (χ3n) is 4.99. The van der Waals surface area contributed by atoms with Gasteiger partial charge in [0, 0.05) is 21.5 Å². The van der Waals surface area contributed by atoms with Crippen molar-refractivity contribution in [3.8, 4) is 22.8 Å². The van der Waals surface area contributed by atoms with E-state index in [1.165, 1.54) is 18.4 Å². The Morgan fingerprint density at radius 1 is 0.970 bits per heavy atom. The topological polar surface area (TPSA) is 51.7 Å². The second kappa shape index (κ2) is 10.3. The number of aromatic nitrogens is 1. The number of thiazole rings is 1. The molecule has 0 fully saturated rings. The van der Waals surface area contributed by atoms with E-state index in [0.29, 0.717) is 44.5 Å². The molecule has 3 aromatic carbocycles. The molecule has 4 aromatic rings. The number of benzene rings is 3. The molecule has 0 aliphatic heterocycles. The number of amides is 1. The lowest BCUT2D eigenvalue weighted by molar-refractivity contribution is 0.0984. The van der Waals surface area contributed by atoms with Crippen molar-refractivity contribution in [3.63, 3.8) is 0 Å². The molecule has 5 nitrogen and oxygen atoms in total. The van der Waals surface area contributed by atoms with Crippen LogP contribution in [-0.2, 0) is 6.54 Å². The quantitative estimate of drug-likeness (QED) is 0.275. The van der Waals surface area contributed by atoms with E-state index in [9.17, 15) is 4.79 Å². The highest BCUT2D eigenvalue weighted by Gasteiger charge is 2.23.